The van der Waals surface area contributed by atoms with E-state index in [4.69, 9.17) is 10.2 Å². The van der Waals surface area contributed by atoms with Gasteiger partial charge in [-0.2, -0.15) is 0 Å². The molecule has 1 rings (SSSR count). The summed E-state index contributed by atoms with van der Waals surface area (Å²) >= 11 is 0. The third kappa shape index (κ3) is 2.91. The number of aliphatic carboxylic acids is 1. The molecule has 0 aliphatic carbocycles. The number of carbonyl (C=O) groups excluding carboxylic acids is 1. The van der Waals surface area contributed by atoms with Crippen molar-refractivity contribution in [2.75, 3.05) is 0 Å². The first-order valence-electron chi connectivity index (χ1n) is 3.94. The lowest BCUT2D eigenvalue weighted by Crippen LogP contribution is -2.03. The number of hydrogen-bond donors (Lipinski definition) is 2. The Morgan fingerprint density at radius 3 is 2.13 bits per heavy atom. The van der Waals surface area contributed by atoms with Crippen LogP contribution in [0.2, 0.25) is 0 Å². The summed E-state index contributed by atoms with van der Waals surface area (Å²) in [6, 6.07) is 4.53. The van der Waals surface area contributed by atoms with Crippen LogP contribution in [-0.4, -0.2) is 22.0 Å². The van der Waals surface area contributed by atoms with Gasteiger partial charge in [-0.15, -0.1) is 0 Å². The monoisotopic (exact) mass is 210 g/mol. The highest BCUT2D eigenvalue weighted by molar-refractivity contribution is 6.07. The number of ketones is 1. The van der Waals surface area contributed by atoms with Crippen molar-refractivity contribution < 1.29 is 24.2 Å². The molecule has 0 aliphatic heterocycles. The smallest absolute Gasteiger partial charge is 0.371 e. The van der Waals surface area contributed by atoms with Crippen LogP contribution < -0.4 is 0 Å². The molecule has 15 heavy (non-hydrogen) atoms. The molecule has 4 nitrogen and oxygen atoms in total. The van der Waals surface area contributed by atoms with Gasteiger partial charge in [0, 0.05) is 11.6 Å². The van der Waals surface area contributed by atoms with Gasteiger partial charge < -0.3 is 10.2 Å². The van der Waals surface area contributed by atoms with Crippen molar-refractivity contribution in [3.8, 4) is 0 Å². The highest BCUT2D eigenvalue weighted by Crippen LogP contribution is 2.05. The van der Waals surface area contributed by atoms with Crippen LogP contribution >= 0.6 is 0 Å². The first-order chi connectivity index (χ1) is 7.00. The van der Waals surface area contributed by atoms with E-state index in [-0.39, 0.29) is 5.56 Å². The summed E-state index contributed by atoms with van der Waals surface area (Å²) in [5.41, 5.74) is 0.101. The lowest BCUT2D eigenvalue weighted by atomic mass is 10.1. The summed E-state index contributed by atoms with van der Waals surface area (Å²) in [5, 5.41) is 17.1. The number of hydrogen-bond acceptors (Lipinski definition) is 3. The SMILES string of the molecule is O=C(O)C(O)=CC(=O)c1ccc(F)cc1. The number of rotatable bonds is 3. The minimum absolute atomic E-state index is 0.101. The quantitative estimate of drug-likeness (QED) is 0.450. The molecule has 0 bridgehead atoms. The Bertz CT molecular complexity index is 420. The molecule has 1 aromatic carbocycles. The predicted octanol–water partition coefficient (Wildman–Crippen LogP) is 1.53. The normalized spacial score (nSPS) is 11.1. The zero-order valence-corrected chi connectivity index (χ0v) is 7.48. The second-order valence-corrected chi connectivity index (χ2v) is 2.71. The molecule has 0 heterocycles. The van der Waals surface area contributed by atoms with Crippen molar-refractivity contribution in [3.05, 3.63) is 47.5 Å². The van der Waals surface area contributed by atoms with Crippen molar-refractivity contribution in [1.29, 1.82) is 0 Å². The molecule has 0 saturated carbocycles. The van der Waals surface area contributed by atoms with Crippen LogP contribution in [0.5, 0.6) is 0 Å². The van der Waals surface area contributed by atoms with Gasteiger partial charge in [0.2, 0.25) is 5.76 Å². The van der Waals surface area contributed by atoms with E-state index in [9.17, 15) is 14.0 Å². The van der Waals surface area contributed by atoms with Crippen LogP contribution in [0.4, 0.5) is 4.39 Å². The molecule has 2 N–H and O–H groups in total. The zero-order chi connectivity index (χ0) is 11.4. The second kappa shape index (κ2) is 4.36. The zero-order valence-electron chi connectivity index (χ0n) is 7.48. The fourth-order valence-corrected chi connectivity index (χ4v) is 0.883. The van der Waals surface area contributed by atoms with Gasteiger partial charge >= 0.3 is 5.97 Å². The van der Waals surface area contributed by atoms with Crippen LogP contribution in [0.15, 0.2) is 36.1 Å². The van der Waals surface area contributed by atoms with E-state index in [2.05, 4.69) is 0 Å². The molecule has 0 saturated heterocycles. The summed E-state index contributed by atoms with van der Waals surface area (Å²) in [6.07, 6.45) is 0.565. The average Bonchev–Trinajstić information content (AvgIpc) is 2.18. The van der Waals surface area contributed by atoms with E-state index in [1.807, 2.05) is 0 Å². The standard InChI is InChI=1S/C10H7FO4/c11-7-3-1-6(2-4-7)8(12)5-9(13)10(14)15/h1-5,13H,(H,14,15). The number of carboxylic acids is 1. The number of halogens is 1. The molecule has 0 atom stereocenters. The average molecular weight is 210 g/mol. The minimum Gasteiger partial charge on any atom is -0.502 e. The minimum atomic E-state index is -1.59. The van der Waals surface area contributed by atoms with Crippen molar-refractivity contribution >= 4 is 11.8 Å². The van der Waals surface area contributed by atoms with Gasteiger partial charge in [-0.3, -0.25) is 4.79 Å². The molecule has 0 fully saturated rings. The number of aliphatic hydroxyl groups excluding tert-OH is 1. The largest absolute Gasteiger partial charge is 0.502 e. The number of aliphatic hydroxyl groups is 1. The van der Waals surface area contributed by atoms with E-state index in [0.29, 0.717) is 6.08 Å². The molecule has 0 aromatic heterocycles. The van der Waals surface area contributed by atoms with Crippen LogP contribution in [0, 0.1) is 5.82 Å². The van der Waals surface area contributed by atoms with Crippen molar-refractivity contribution in [2.24, 2.45) is 0 Å². The predicted molar refractivity (Wildman–Crippen MR) is 49.1 cm³/mol. The van der Waals surface area contributed by atoms with Gasteiger partial charge in [0.1, 0.15) is 5.82 Å². The van der Waals surface area contributed by atoms with Gasteiger partial charge in [-0.05, 0) is 24.3 Å². The fraction of sp³-hybridized carbons (Fsp3) is 0. The highest BCUT2D eigenvalue weighted by atomic mass is 19.1. The Labute approximate surface area is 84.3 Å². The molecule has 1 aromatic rings. The number of carboxylic acid groups (broad SMARTS) is 1. The molecular formula is C10H7FO4. The number of allylic oxidation sites excluding steroid dienone is 1. The van der Waals surface area contributed by atoms with Crippen LogP contribution in [0.25, 0.3) is 0 Å². The van der Waals surface area contributed by atoms with Crippen molar-refractivity contribution in [3.63, 3.8) is 0 Å². The molecular weight excluding hydrogens is 203 g/mol. The summed E-state index contributed by atoms with van der Waals surface area (Å²) in [4.78, 5) is 21.4. The summed E-state index contributed by atoms with van der Waals surface area (Å²) in [6.45, 7) is 0. The lowest BCUT2D eigenvalue weighted by molar-refractivity contribution is -0.135. The Balaban J connectivity index is 2.91. The Hall–Kier alpha value is -2.17. The van der Waals surface area contributed by atoms with Crippen LogP contribution in [0.1, 0.15) is 10.4 Å². The van der Waals surface area contributed by atoms with E-state index in [1.54, 1.807) is 0 Å². The van der Waals surface area contributed by atoms with Crippen LogP contribution in [-0.2, 0) is 4.79 Å². The summed E-state index contributed by atoms with van der Waals surface area (Å²) < 4.78 is 12.5. The maximum absolute atomic E-state index is 12.5. The summed E-state index contributed by atoms with van der Waals surface area (Å²) in [5.74, 6) is -3.84. The molecule has 0 amide bonds. The Kier molecular flexibility index (Phi) is 3.17. The molecule has 0 spiro atoms. The maximum atomic E-state index is 12.5. The van der Waals surface area contributed by atoms with Gasteiger partial charge in [-0.1, -0.05) is 0 Å². The van der Waals surface area contributed by atoms with Gasteiger partial charge in [0.15, 0.2) is 5.78 Å². The molecule has 0 radical (unpaired) electrons. The fourth-order valence-electron chi connectivity index (χ4n) is 0.883. The summed E-state index contributed by atoms with van der Waals surface area (Å²) in [7, 11) is 0. The van der Waals surface area contributed by atoms with E-state index >= 15 is 0 Å². The van der Waals surface area contributed by atoms with Gasteiger partial charge in [0.05, 0.1) is 0 Å². The highest BCUT2D eigenvalue weighted by Gasteiger charge is 2.09. The van der Waals surface area contributed by atoms with Gasteiger partial charge in [0.25, 0.3) is 0 Å². The van der Waals surface area contributed by atoms with Crippen molar-refractivity contribution in [1.82, 2.24) is 0 Å². The lowest BCUT2D eigenvalue weighted by Gasteiger charge is -1.95. The number of carbonyl (C=O) groups is 2. The molecule has 78 valence electrons. The van der Waals surface area contributed by atoms with E-state index < -0.39 is 23.3 Å². The van der Waals surface area contributed by atoms with Gasteiger partial charge in [-0.25, -0.2) is 9.18 Å². The molecule has 0 aliphatic rings. The molecule has 0 unspecified atom stereocenters. The van der Waals surface area contributed by atoms with E-state index in [0.717, 1.165) is 12.1 Å². The Morgan fingerprint density at radius 2 is 1.67 bits per heavy atom. The first-order valence-corrected chi connectivity index (χ1v) is 3.94. The third-order valence-electron chi connectivity index (χ3n) is 1.62. The van der Waals surface area contributed by atoms with Crippen LogP contribution in [0.3, 0.4) is 0 Å². The second-order valence-electron chi connectivity index (χ2n) is 2.71. The molecule has 5 heteroatoms. The number of benzene rings is 1. The topological polar surface area (TPSA) is 74.6 Å². The maximum Gasteiger partial charge on any atom is 0.371 e. The first kappa shape index (κ1) is 10.9. The third-order valence-corrected chi connectivity index (χ3v) is 1.62. The van der Waals surface area contributed by atoms with E-state index in [1.165, 1.54) is 12.1 Å². The Morgan fingerprint density at radius 1 is 1.13 bits per heavy atom. The van der Waals surface area contributed by atoms with Crippen molar-refractivity contribution in [2.45, 2.75) is 0 Å².